The molecular formula is C28H40N4O4S2. The lowest BCUT2D eigenvalue weighted by Crippen LogP contribution is -2.41. The van der Waals surface area contributed by atoms with Crippen LogP contribution in [0.3, 0.4) is 0 Å². The molecule has 1 aromatic heterocycles. The van der Waals surface area contributed by atoms with E-state index in [1.807, 2.05) is 20.8 Å². The molecule has 0 saturated carbocycles. The molecule has 2 aliphatic heterocycles. The molecule has 0 spiro atoms. The molecule has 0 aliphatic carbocycles. The summed E-state index contributed by atoms with van der Waals surface area (Å²) < 4.78 is 27.9. The molecule has 38 heavy (non-hydrogen) atoms. The van der Waals surface area contributed by atoms with Crippen LogP contribution in [0, 0.1) is 0 Å². The molecule has 1 aromatic carbocycles. The van der Waals surface area contributed by atoms with Gasteiger partial charge in [-0.2, -0.15) is 4.31 Å². The Bertz CT molecular complexity index is 1250. The number of thiophene rings is 1. The molecule has 2 aliphatic rings. The molecule has 0 radical (unpaired) electrons. The van der Waals surface area contributed by atoms with Gasteiger partial charge in [-0.1, -0.05) is 13.3 Å². The van der Waals surface area contributed by atoms with Gasteiger partial charge in [0.25, 0.3) is 11.8 Å². The first-order valence-corrected chi connectivity index (χ1v) is 16.1. The molecule has 1 saturated heterocycles. The number of carbonyl (C=O) groups is 2. The van der Waals surface area contributed by atoms with Crippen LogP contribution in [0.2, 0.25) is 0 Å². The Balaban J connectivity index is 1.59. The van der Waals surface area contributed by atoms with Crippen LogP contribution in [0.4, 0.5) is 5.00 Å². The Morgan fingerprint density at radius 2 is 1.79 bits per heavy atom. The second-order valence-electron chi connectivity index (χ2n) is 10.2. The molecule has 10 heteroatoms. The van der Waals surface area contributed by atoms with Crippen molar-refractivity contribution in [1.29, 1.82) is 0 Å². The van der Waals surface area contributed by atoms with Crippen LogP contribution < -0.4 is 5.32 Å². The SMILES string of the molecule is CCCN1CCc2c(sc(NC(=O)c3ccc(S(=O)(=O)N4CCCCC4C)cc3)c2C(=O)N(CC)CC)C1. The van der Waals surface area contributed by atoms with Crippen molar-refractivity contribution in [3.8, 4) is 0 Å². The lowest BCUT2D eigenvalue weighted by atomic mass is 10.0. The van der Waals surface area contributed by atoms with E-state index in [1.165, 1.54) is 23.5 Å². The minimum absolute atomic E-state index is 0.0309. The van der Waals surface area contributed by atoms with Crippen LogP contribution >= 0.6 is 11.3 Å². The second kappa shape index (κ2) is 12.3. The third-order valence-electron chi connectivity index (χ3n) is 7.63. The number of nitrogens with zero attached hydrogens (tertiary/aromatic N) is 3. The summed E-state index contributed by atoms with van der Waals surface area (Å²) in [5.41, 5.74) is 2.01. The van der Waals surface area contributed by atoms with Crippen LogP contribution in [0.25, 0.3) is 0 Å². The zero-order valence-electron chi connectivity index (χ0n) is 23.0. The summed E-state index contributed by atoms with van der Waals surface area (Å²) in [4.78, 5) is 32.3. The van der Waals surface area contributed by atoms with Gasteiger partial charge in [-0.3, -0.25) is 14.5 Å². The van der Waals surface area contributed by atoms with E-state index in [2.05, 4.69) is 17.1 Å². The van der Waals surface area contributed by atoms with Crippen LogP contribution in [0.15, 0.2) is 29.2 Å². The number of benzene rings is 1. The summed E-state index contributed by atoms with van der Waals surface area (Å²) in [7, 11) is -3.61. The van der Waals surface area contributed by atoms with Gasteiger partial charge < -0.3 is 10.2 Å². The van der Waals surface area contributed by atoms with Crippen molar-refractivity contribution in [2.75, 3.05) is 38.0 Å². The fourth-order valence-electron chi connectivity index (χ4n) is 5.46. The van der Waals surface area contributed by atoms with Gasteiger partial charge in [0.2, 0.25) is 10.0 Å². The van der Waals surface area contributed by atoms with Gasteiger partial charge in [-0.25, -0.2) is 8.42 Å². The van der Waals surface area contributed by atoms with Crippen molar-refractivity contribution in [3.05, 3.63) is 45.8 Å². The molecular weight excluding hydrogens is 520 g/mol. The standard InChI is InChI=1S/C28H40N4O4S2/c1-5-16-30-18-15-23-24(19-30)37-27(25(23)28(34)31(6-2)7-3)29-26(33)21-11-13-22(14-12-21)38(35,36)32-17-9-8-10-20(32)4/h11-14,20H,5-10,15-19H2,1-4H3,(H,29,33). The molecule has 1 unspecified atom stereocenters. The molecule has 4 rings (SSSR count). The van der Waals surface area contributed by atoms with E-state index < -0.39 is 10.0 Å². The zero-order valence-corrected chi connectivity index (χ0v) is 24.6. The highest BCUT2D eigenvalue weighted by Gasteiger charge is 2.32. The molecule has 2 aromatic rings. The number of nitrogens with one attached hydrogen (secondary N) is 1. The number of piperidine rings is 1. The first-order valence-electron chi connectivity index (χ1n) is 13.8. The van der Waals surface area contributed by atoms with E-state index in [9.17, 15) is 18.0 Å². The predicted octanol–water partition coefficient (Wildman–Crippen LogP) is 4.81. The van der Waals surface area contributed by atoms with Gasteiger partial charge in [0.05, 0.1) is 10.5 Å². The third-order valence-corrected chi connectivity index (χ3v) is 10.8. The normalized spacial score (nSPS) is 18.7. The predicted molar refractivity (Wildman–Crippen MR) is 152 cm³/mol. The summed E-state index contributed by atoms with van der Waals surface area (Å²) in [6.07, 6.45) is 4.60. The van der Waals surface area contributed by atoms with Gasteiger partial charge in [0.1, 0.15) is 5.00 Å². The fraction of sp³-hybridized carbons (Fsp3) is 0.571. The average Bonchev–Trinajstić information content (AvgIpc) is 3.26. The maximum atomic E-state index is 13.5. The molecule has 8 nitrogen and oxygen atoms in total. The molecule has 1 atom stereocenters. The van der Waals surface area contributed by atoms with Crippen molar-refractivity contribution < 1.29 is 18.0 Å². The minimum atomic E-state index is -3.61. The van der Waals surface area contributed by atoms with Gasteiger partial charge in [-0.05, 0) is 82.8 Å². The average molecular weight is 561 g/mol. The van der Waals surface area contributed by atoms with Crippen molar-refractivity contribution in [1.82, 2.24) is 14.1 Å². The number of rotatable bonds is 9. The first-order chi connectivity index (χ1) is 18.2. The number of hydrogen-bond acceptors (Lipinski definition) is 6. The summed E-state index contributed by atoms with van der Waals surface area (Å²) in [5, 5.41) is 3.58. The van der Waals surface area contributed by atoms with Crippen LogP contribution in [0.5, 0.6) is 0 Å². The van der Waals surface area contributed by atoms with Crippen LogP contribution in [-0.2, 0) is 23.0 Å². The zero-order chi connectivity index (χ0) is 27.4. The minimum Gasteiger partial charge on any atom is -0.339 e. The van der Waals surface area contributed by atoms with E-state index >= 15 is 0 Å². The Hall–Kier alpha value is -2.27. The number of amides is 2. The largest absolute Gasteiger partial charge is 0.339 e. The van der Waals surface area contributed by atoms with E-state index in [0.29, 0.717) is 35.8 Å². The molecule has 208 valence electrons. The van der Waals surface area contributed by atoms with Crippen molar-refractivity contribution in [2.45, 2.75) is 77.3 Å². The van der Waals surface area contributed by atoms with Gasteiger partial charge in [0.15, 0.2) is 0 Å². The van der Waals surface area contributed by atoms with Gasteiger partial charge in [-0.15, -0.1) is 11.3 Å². The quantitative estimate of drug-likeness (QED) is 0.475. The smallest absolute Gasteiger partial charge is 0.257 e. The number of fused-ring (bicyclic) bond motifs is 1. The van der Waals surface area contributed by atoms with Gasteiger partial charge >= 0.3 is 0 Å². The Labute approximate surface area is 231 Å². The Morgan fingerprint density at radius 1 is 1.08 bits per heavy atom. The topological polar surface area (TPSA) is 90.0 Å². The number of hydrogen-bond donors (Lipinski definition) is 1. The molecule has 1 N–H and O–H groups in total. The van der Waals surface area contributed by atoms with Crippen molar-refractivity contribution >= 4 is 38.2 Å². The number of sulfonamides is 1. The lowest BCUT2D eigenvalue weighted by Gasteiger charge is -2.32. The van der Waals surface area contributed by atoms with E-state index in [0.717, 1.165) is 62.2 Å². The van der Waals surface area contributed by atoms with Gasteiger partial charge in [0, 0.05) is 49.2 Å². The lowest BCUT2D eigenvalue weighted by molar-refractivity contribution is 0.0772. The number of carbonyl (C=O) groups excluding carboxylic acids is 2. The second-order valence-corrected chi connectivity index (χ2v) is 13.1. The summed E-state index contributed by atoms with van der Waals surface area (Å²) in [6.45, 7) is 12.4. The van der Waals surface area contributed by atoms with E-state index in [4.69, 9.17) is 0 Å². The van der Waals surface area contributed by atoms with Crippen molar-refractivity contribution in [3.63, 3.8) is 0 Å². The first kappa shape index (κ1) is 28.7. The maximum absolute atomic E-state index is 13.5. The summed E-state index contributed by atoms with van der Waals surface area (Å²) in [6, 6.07) is 6.10. The molecule has 1 fully saturated rings. The van der Waals surface area contributed by atoms with Crippen LogP contribution in [0.1, 0.15) is 84.5 Å². The maximum Gasteiger partial charge on any atom is 0.257 e. The van der Waals surface area contributed by atoms with E-state index in [1.54, 1.807) is 21.3 Å². The highest BCUT2D eigenvalue weighted by atomic mass is 32.2. The van der Waals surface area contributed by atoms with Crippen LogP contribution in [-0.4, -0.2) is 73.1 Å². The molecule has 0 bridgehead atoms. The number of anilines is 1. The summed E-state index contributed by atoms with van der Waals surface area (Å²) >= 11 is 1.48. The molecule has 2 amide bonds. The highest BCUT2D eigenvalue weighted by molar-refractivity contribution is 7.89. The Morgan fingerprint density at radius 3 is 2.42 bits per heavy atom. The monoisotopic (exact) mass is 560 g/mol. The molecule has 3 heterocycles. The van der Waals surface area contributed by atoms with Crippen molar-refractivity contribution in [2.24, 2.45) is 0 Å². The van der Waals surface area contributed by atoms with E-state index in [-0.39, 0.29) is 22.8 Å². The third kappa shape index (κ3) is 5.83. The summed E-state index contributed by atoms with van der Waals surface area (Å²) in [5.74, 6) is -0.401. The highest BCUT2D eigenvalue weighted by Crippen LogP contribution is 2.38. The Kier molecular flexibility index (Phi) is 9.28. The fourth-order valence-corrected chi connectivity index (χ4v) is 8.44.